The molecule has 3 heteroatoms. The summed E-state index contributed by atoms with van der Waals surface area (Å²) in [5.41, 5.74) is 7.62. The molecule has 0 unspecified atom stereocenters. The Kier molecular flexibility index (Phi) is 4.67. The van der Waals surface area contributed by atoms with Gasteiger partial charge in [-0.1, -0.05) is 37.3 Å². The zero-order valence-electron chi connectivity index (χ0n) is 11.1. The number of nitrogen functional groups attached to an aromatic ring is 1. The Labute approximate surface area is 114 Å². The first kappa shape index (κ1) is 13.3. The largest absolute Gasteiger partial charge is 0.493 e. The zero-order valence-corrected chi connectivity index (χ0v) is 11.1. The summed E-state index contributed by atoms with van der Waals surface area (Å²) in [6.07, 6.45) is 0.967. The van der Waals surface area contributed by atoms with Gasteiger partial charge in [0.2, 0.25) is 0 Å². The highest BCUT2D eigenvalue weighted by molar-refractivity contribution is 5.50. The van der Waals surface area contributed by atoms with E-state index in [-0.39, 0.29) is 0 Å². The Morgan fingerprint density at radius 2 is 1.63 bits per heavy atom. The third-order valence-electron chi connectivity index (χ3n) is 2.62. The minimum absolute atomic E-state index is 0.525. The van der Waals surface area contributed by atoms with E-state index in [4.69, 9.17) is 15.2 Å². The summed E-state index contributed by atoms with van der Waals surface area (Å²) in [4.78, 5) is 0. The predicted molar refractivity (Wildman–Crippen MR) is 77.4 cm³/mol. The lowest BCUT2D eigenvalue weighted by atomic mass is 10.2. The molecule has 100 valence electrons. The van der Waals surface area contributed by atoms with E-state index in [0.717, 1.165) is 23.5 Å². The first-order valence-electron chi connectivity index (χ1n) is 6.48. The van der Waals surface area contributed by atoms with E-state index in [1.165, 1.54) is 0 Å². The highest BCUT2D eigenvalue weighted by atomic mass is 16.5. The van der Waals surface area contributed by atoms with Crippen LogP contribution >= 0.6 is 0 Å². The number of hydrogen-bond donors (Lipinski definition) is 1. The van der Waals surface area contributed by atoms with Crippen LogP contribution in [-0.4, -0.2) is 6.61 Å². The maximum Gasteiger partial charge on any atom is 0.125 e. The molecule has 0 fully saturated rings. The third kappa shape index (κ3) is 4.21. The lowest BCUT2D eigenvalue weighted by Gasteiger charge is -2.10. The standard InChI is InChI=1S/C16H19NO2/c1-2-8-18-15-9-14(17)10-16(11-15)19-12-13-6-4-3-5-7-13/h3-7,9-11H,2,8,12,17H2,1H3. The summed E-state index contributed by atoms with van der Waals surface area (Å²) in [6.45, 7) is 3.28. The van der Waals surface area contributed by atoms with Crippen LogP contribution in [0.15, 0.2) is 48.5 Å². The van der Waals surface area contributed by atoms with Gasteiger partial charge in [0.25, 0.3) is 0 Å². The maximum atomic E-state index is 5.84. The molecule has 0 saturated carbocycles. The van der Waals surface area contributed by atoms with Crippen LogP contribution in [0.25, 0.3) is 0 Å². The Morgan fingerprint density at radius 3 is 2.32 bits per heavy atom. The van der Waals surface area contributed by atoms with Gasteiger partial charge >= 0.3 is 0 Å². The highest BCUT2D eigenvalue weighted by Gasteiger charge is 2.02. The van der Waals surface area contributed by atoms with Crippen LogP contribution < -0.4 is 15.2 Å². The molecule has 0 amide bonds. The van der Waals surface area contributed by atoms with Crippen molar-refractivity contribution in [2.24, 2.45) is 0 Å². The van der Waals surface area contributed by atoms with Crippen molar-refractivity contribution in [2.45, 2.75) is 20.0 Å². The molecule has 2 N–H and O–H groups in total. The van der Waals surface area contributed by atoms with E-state index < -0.39 is 0 Å². The van der Waals surface area contributed by atoms with E-state index in [1.807, 2.05) is 48.5 Å². The van der Waals surface area contributed by atoms with Gasteiger partial charge in [0.1, 0.15) is 18.1 Å². The highest BCUT2D eigenvalue weighted by Crippen LogP contribution is 2.25. The van der Waals surface area contributed by atoms with Gasteiger partial charge in [-0.05, 0) is 12.0 Å². The second-order valence-corrected chi connectivity index (χ2v) is 4.36. The second-order valence-electron chi connectivity index (χ2n) is 4.36. The van der Waals surface area contributed by atoms with Crippen LogP contribution in [0.1, 0.15) is 18.9 Å². The molecule has 0 saturated heterocycles. The van der Waals surface area contributed by atoms with E-state index in [1.54, 1.807) is 0 Å². The van der Waals surface area contributed by atoms with Gasteiger partial charge in [-0.2, -0.15) is 0 Å². The molecule has 19 heavy (non-hydrogen) atoms. The van der Waals surface area contributed by atoms with E-state index >= 15 is 0 Å². The Bertz CT molecular complexity index is 511. The van der Waals surface area contributed by atoms with Crippen molar-refractivity contribution in [2.75, 3.05) is 12.3 Å². The molecule has 0 atom stereocenters. The fourth-order valence-corrected chi connectivity index (χ4v) is 1.72. The summed E-state index contributed by atoms with van der Waals surface area (Å²) in [7, 11) is 0. The maximum absolute atomic E-state index is 5.84. The first-order valence-corrected chi connectivity index (χ1v) is 6.48. The van der Waals surface area contributed by atoms with Crippen LogP contribution in [-0.2, 0) is 6.61 Å². The summed E-state index contributed by atoms with van der Waals surface area (Å²) in [5, 5.41) is 0. The quantitative estimate of drug-likeness (QED) is 0.803. The number of hydrogen-bond acceptors (Lipinski definition) is 3. The fourth-order valence-electron chi connectivity index (χ4n) is 1.72. The lowest BCUT2D eigenvalue weighted by molar-refractivity contribution is 0.295. The molecule has 0 aromatic heterocycles. The minimum atomic E-state index is 0.525. The van der Waals surface area contributed by atoms with Crippen molar-refractivity contribution in [3.8, 4) is 11.5 Å². The van der Waals surface area contributed by atoms with Crippen LogP contribution in [0.3, 0.4) is 0 Å². The summed E-state index contributed by atoms with van der Waals surface area (Å²) < 4.78 is 11.3. The predicted octanol–water partition coefficient (Wildman–Crippen LogP) is 3.64. The van der Waals surface area contributed by atoms with Gasteiger partial charge in [-0.3, -0.25) is 0 Å². The molecule has 0 aliphatic carbocycles. The molecule has 2 rings (SSSR count). The molecule has 0 spiro atoms. The molecular weight excluding hydrogens is 238 g/mol. The lowest BCUT2D eigenvalue weighted by Crippen LogP contribution is -1.99. The van der Waals surface area contributed by atoms with Gasteiger partial charge in [-0.25, -0.2) is 0 Å². The van der Waals surface area contributed by atoms with Gasteiger partial charge in [0.15, 0.2) is 0 Å². The molecular formula is C16H19NO2. The van der Waals surface area contributed by atoms with Crippen LogP contribution in [0.2, 0.25) is 0 Å². The average molecular weight is 257 g/mol. The van der Waals surface area contributed by atoms with Crippen molar-refractivity contribution >= 4 is 5.69 Å². The summed E-state index contributed by atoms with van der Waals surface area (Å²) in [5.74, 6) is 1.49. The minimum Gasteiger partial charge on any atom is -0.493 e. The van der Waals surface area contributed by atoms with Crippen molar-refractivity contribution in [1.29, 1.82) is 0 Å². The smallest absolute Gasteiger partial charge is 0.125 e. The fraction of sp³-hybridized carbons (Fsp3) is 0.250. The molecule has 2 aromatic rings. The Balaban J connectivity index is 2.01. The summed E-state index contributed by atoms with van der Waals surface area (Å²) >= 11 is 0. The number of rotatable bonds is 6. The molecule has 0 heterocycles. The molecule has 2 aromatic carbocycles. The van der Waals surface area contributed by atoms with Crippen molar-refractivity contribution in [1.82, 2.24) is 0 Å². The van der Waals surface area contributed by atoms with Crippen molar-refractivity contribution in [3.05, 3.63) is 54.1 Å². The van der Waals surface area contributed by atoms with E-state index in [0.29, 0.717) is 18.9 Å². The summed E-state index contributed by atoms with van der Waals surface area (Å²) in [6, 6.07) is 15.5. The zero-order chi connectivity index (χ0) is 13.5. The molecule has 0 aliphatic heterocycles. The van der Waals surface area contributed by atoms with Crippen molar-refractivity contribution < 1.29 is 9.47 Å². The molecule has 0 aliphatic rings. The first-order chi connectivity index (χ1) is 9.28. The topological polar surface area (TPSA) is 44.5 Å². The Morgan fingerprint density at radius 1 is 0.947 bits per heavy atom. The van der Waals surface area contributed by atoms with E-state index in [9.17, 15) is 0 Å². The van der Waals surface area contributed by atoms with Crippen LogP contribution in [0.4, 0.5) is 5.69 Å². The van der Waals surface area contributed by atoms with Crippen molar-refractivity contribution in [3.63, 3.8) is 0 Å². The molecule has 0 bridgehead atoms. The molecule has 3 nitrogen and oxygen atoms in total. The normalized spacial score (nSPS) is 10.2. The van der Waals surface area contributed by atoms with Gasteiger partial charge in [0, 0.05) is 23.9 Å². The van der Waals surface area contributed by atoms with Gasteiger partial charge < -0.3 is 15.2 Å². The van der Waals surface area contributed by atoms with Crippen LogP contribution in [0, 0.1) is 0 Å². The van der Waals surface area contributed by atoms with Gasteiger partial charge in [0.05, 0.1) is 6.61 Å². The van der Waals surface area contributed by atoms with Crippen LogP contribution in [0.5, 0.6) is 11.5 Å². The number of ether oxygens (including phenoxy) is 2. The monoisotopic (exact) mass is 257 g/mol. The van der Waals surface area contributed by atoms with Gasteiger partial charge in [-0.15, -0.1) is 0 Å². The second kappa shape index (κ2) is 6.69. The third-order valence-corrected chi connectivity index (χ3v) is 2.62. The average Bonchev–Trinajstić information content (AvgIpc) is 2.43. The molecule has 0 radical (unpaired) electrons. The number of benzene rings is 2. The number of anilines is 1. The number of nitrogens with two attached hydrogens (primary N) is 1. The van der Waals surface area contributed by atoms with E-state index in [2.05, 4.69) is 6.92 Å². The Hall–Kier alpha value is -2.16. The SMILES string of the molecule is CCCOc1cc(N)cc(OCc2ccccc2)c1.